The van der Waals surface area contributed by atoms with Gasteiger partial charge in [0.25, 0.3) is 0 Å². The Bertz CT molecular complexity index is 896. The van der Waals surface area contributed by atoms with Crippen molar-refractivity contribution in [3.63, 3.8) is 0 Å². The lowest BCUT2D eigenvalue weighted by molar-refractivity contribution is -0.137. The number of anilines is 1. The Morgan fingerprint density at radius 1 is 1.12 bits per heavy atom. The van der Waals surface area contributed by atoms with E-state index < -0.39 is 17.6 Å². The Morgan fingerprint density at radius 3 is 2.62 bits per heavy atom. The second kappa shape index (κ2) is 7.61. The van der Waals surface area contributed by atoms with Gasteiger partial charge >= 0.3 is 6.18 Å². The molecule has 1 aromatic heterocycles. The maximum atomic E-state index is 12.7. The van der Waals surface area contributed by atoms with Gasteiger partial charge in [0.15, 0.2) is 0 Å². The molecule has 0 aliphatic heterocycles. The summed E-state index contributed by atoms with van der Waals surface area (Å²) in [5.74, 6) is -0.458. The monoisotopic (exact) mass is 378 g/mol. The third kappa shape index (κ3) is 4.63. The summed E-state index contributed by atoms with van der Waals surface area (Å²) in [5, 5.41) is 7.08. The number of thioether (sulfide) groups is 1. The summed E-state index contributed by atoms with van der Waals surface area (Å²) >= 11 is 1.10. The van der Waals surface area contributed by atoms with Crippen molar-refractivity contribution < 1.29 is 18.0 Å². The highest BCUT2D eigenvalue weighted by atomic mass is 32.2. The number of nitrogens with zero attached hydrogens (tertiary/aromatic N) is 3. The lowest BCUT2D eigenvalue weighted by Crippen LogP contribution is -2.15. The number of amides is 1. The molecule has 0 radical (unpaired) electrons. The fourth-order valence-electron chi connectivity index (χ4n) is 2.12. The van der Waals surface area contributed by atoms with E-state index in [1.807, 2.05) is 30.3 Å². The average molecular weight is 378 g/mol. The summed E-state index contributed by atoms with van der Waals surface area (Å²) in [4.78, 5) is 16.1. The second-order valence-corrected chi connectivity index (χ2v) is 6.17. The zero-order chi connectivity index (χ0) is 18.6. The van der Waals surface area contributed by atoms with Gasteiger partial charge in [0.2, 0.25) is 11.1 Å². The SMILES string of the molecule is O=C(CSc1ncn(-c2ccccc2)n1)Nc1cccc(C(F)(F)F)c1. The summed E-state index contributed by atoms with van der Waals surface area (Å²) in [5.41, 5.74) is 0.111. The number of nitrogens with one attached hydrogen (secondary N) is 1. The van der Waals surface area contributed by atoms with Crippen molar-refractivity contribution >= 4 is 23.4 Å². The van der Waals surface area contributed by atoms with Crippen LogP contribution in [0, 0.1) is 0 Å². The minimum atomic E-state index is -4.45. The number of benzene rings is 2. The minimum absolute atomic E-state index is 0.0188. The normalized spacial score (nSPS) is 11.3. The Balaban J connectivity index is 1.57. The molecule has 0 unspecified atom stereocenters. The van der Waals surface area contributed by atoms with E-state index in [2.05, 4.69) is 15.4 Å². The van der Waals surface area contributed by atoms with Crippen molar-refractivity contribution in [3.05, 3.63) is 66.5 Å². The van der Waals surface area contributed by atoms with E-state index in [4.69, 9.17) is 0 Å². The lowest BCUT2D eigenvalue weighted by Gasteiger charge is -2.09. The fraction of sp³-hybridized carbons (Fsp3) is 0.118. The smallest absolute Gasteiger partial charge is 0.325 e. The molecular weight excluding hydrogens is 365 g/mol. The Morgan fingerprint density at radius 2 is 1.88 bits per heavy atom. The first-order valence-corrected chi connectivity index (χ1v) is 8.47. The molecule has 26 heavy (non-hydrogen) atoms. The molecule has 0 fully saturated rings. The molecule has 9 heteroatoms. The number of para-hydroxylation sites is 1. The minimum Gasteiger partial charge on any atom is -0.325 e. The number of carbonyl (C=O) groups excluding carboxylic acids is 1. The van der Waals surface area contributed by atoms with E-state index in [1.165, 1.54) is 18.5 Å². The van der Waals surface area contributed by atoms with Crippen molar-refractivity contribution in [2.24, 2.45) is 0 Å². The quantitative estimate of drug-likeness (QED) is 0.682. The van der Waals surface area contributed by atoms with Crippen molar-refractivity contribution in [2.45, 2.75) is 11.3 Å². The second-order valence-electron chi connectivity index (χ2n) is 5.22. The molecule has 3 rings (SSSR count). The molecule has 134 valence electrons. The molecule has 1 amide bonds. The largest absolute Gasteiger partial charge is 0.416 e. The Hall–Kier alpha value is -2.81. The molecule has 2 aromatic carbocycles. The zero-order valence-corrected chi connectivity index (χ0v) is 14.1. The molecule has 3 aromatic rings. The predicted octanol–water partition coefficient (Wildman–Crippen LogP) is 4.02. The lowest BCUT2D eigenvalue weighted by atomic mass is 10.2. The molecule has 0 aliphatic rings. The summed E-state index contributed by atoms with van der Waals surface area (Å²) in [6.07, 6.45) is -2.92. The van der Waals surface area contributed by atoms with E-state index in [9.17, 15) is 18.0 Å². The molecule has 0 bridgehead atoms. The van der Waals surface area contributed by atoms with Crippen molar-refractivity contribution in [3.8, 4) is 5.69 Å². The number of hydrogen-bond acceptors (Lipinski definition) is 4. The maximum absolute atomic E-state index is 12.7. The molecule has 0 spiro atoms. The van der Waals surface area contributed by atoms with Gasteiger partial charge in [-0.05, 0) is 30.3 Å². The Labute approximate surface area is 151 Å². The van der Waals surface area contributed by atoms with Crippen LogP contribution in [0.5, 0.6) is 0 Å². The van der Waals surface area contributed by atoms with Gasteiger partial charge in [-0.25, -0.2) is 9.67 Å². The van der Waals surface area contributed by atoms with Crippen LogP contribution in [0.3, 0.4) is 0 Å². The van der Waals surface area contributed by atoms with Crippen LogP contribution in [0.2, 0.25) is 0 Å². The van der Waals surface area contributed by atoms with Crippen LogP contribution in [0.1, 0.15) is 5.56 Å². The van der Waals surface area contributed by atoms with E-state index in [-0.39, 0.29) is 11.4 Å². The van der Waals surface area contributed by atoms with Gasteiger partial charge < -0.3 is 5.32 Å². The fourth-order valence-corrected chi connectivity index (χ4v) is 2.72. The first-order chi connectivity index (χ1) is 12.4. The highest BCUT2D eigenvalue weighted by molar-refractivity contribution is 7.99. The molecule has 0 saturated carbocycles. The van der Waals surface area contributed by atoms with Crippen LogP contribution in [0.15, 0.2) is 66.1 Å². The summed E-state index contributed by atoms with van der Waals surface area (Å²) in [6, 6.07) is 13.8. The molecule has 0 saturated heterocycles. The Kier molecular flexibility index (Phi) is 5.27. The first kappa shape index (κ1) is 18.0. The van der Waals surface area contributed by atoms with Gasteiger partial charge in [0, 0.05) is 5.69 Å². The molecule has 0 aliphatic carbocycles. The molecule has 1 N–H and O–H groups in total. The topological polar surface area (TPSA) is 59.8 Å². The van der Waals surface area contributed by atoms with Crippen LogP contribution in [0.4, 0.5) is 18.9 Å². The summed E-state index contributed by atoms with van der Waals surface area (Å²) in [7, 11) is 0. The third-order valence-electron chi connectivity index (χ3n) is 3.30. The highest BCUT2D eigenvalue weighted by Gasteiger charge is 2.30. The zero-order valence-electron chi connectivity index (χ0n) is 13.3. The molecule has 5 nitrogen and oxygen atoms in total. The molecular formula is C17H13F3N4OS. The number of hydrogen-bond donors (Lipinski definition) is 1. The number of alkyl halides is 3. The standard InChI is InChI=1S/C17H13F3N4OS/c18-17(19,20)12-5-4-6-13(9-12)22-15(25)10-26-16-21-11-24(23-16)14-7-2-1-3-8-14/h1-9,11H,10H2,(H,22,25). The highest BCUT2D eigenvalue weighted by Crippen LogP contribution is 2.30. The molecule has 0 atom stereocenters. The van der Waals surface area contributed by atoms with Crippen LogP contribution in [0.25, 0.3) is 5.69 Å². The van der Waals surface area contributed by atoms with Crippen molar-refractivity contribution in [1.82, 2.24) is 14.8 Å². The van der Waals surface area contributed by atoms with Crippen molar-refractivity contribution in [2.75, 3.05) is 11.1 Å². The van der Waals surface area contributed by atoms with Gasteiger partial charge in [-0.2, -0.15) is 13.2 Å². The average Bonchev–Trinajstić information content (AvgIpc) is 3.09. The maximum Gasteiger partial charge on any atom is 0.416 e. The van der Waals surface area contributed by atoms with Crippen LogP contribution in [-0.2, 0) is 11.0 Å². The first-order valence-electron chi connectivity index (χ1n) is 7.49. The third-order valence-corrected chi connectivity index (χ3v) is 4.15. The van der Waals surface area contributed by atoms with E-state index in [1.54, 1.807) is 4.68 Å². The van der Waals surface area contributed by atoms with Crippen LogP contribution < -0.4 is 5.32 Å². The van der Waals surface area contributed by atoms with E-state index in [0.717, 1.165) is 29.6 Å². The van der Waals surface area contributed by atoms with Crippen molar-refractivity contribution in [1.29, 1.82) is 0 Å². The number of carbonyl (C=O) groups is 1. The van der Waals surface area contributed by atoms with Gasteiger partial charge in [-0.1, -0.05) is 36.0 Å². The van der Waals surface area contributed by atoms with E-state index in [0.29, 0.717) is 5.16 Å². The van der Waals surface area contributed by atoms with Gasteiger partial charge in [0.05, 0.1) is 17.0 Å². The van der Waals surface area contributed by atoms with Crippen LogP contribution >= 0.6 is 11.8 Å². The van der Waals surface area contributed by atoms with Gasteiger partial charge in [-0.15, -0.1) is 5.10 Å². The number of halogens is 3. The summed E-state index contributed by atoms with van der Waals surface area (Å²) in [6.45, 7) is 0. The summed E-state index contributed by atoms with van der Waals surface area (Å²) < 4.78 is 39.6. The number of aromatic nitrogens is 3. The van der Waals surface area contributed by atoms with Gasteiger partial charge in [-0.3, -0.25) is 4.79 Å². The van der Waals surface area contributed by atoms with Crippen LogP contribution in [-0.4, -0.2) is 26.4 Å². The van der Waals surface area contributed by atoms with Gasteiger partial charge in [0.1, 0.15) is 6.33 Å². The number of rotatable bonds is 5. The molecule has 1 heterocycles. The van der Waals surface area contributed by atoms with E-state index >= 15 is 0 Å². The predicted molar refractivity (Wildman–Crippen MR) is 92.2 cm³/mol.